The minimum absolute atomic E-state index is 0.329. The Labute approximate surface area is 114 Å². The first kappa shape index (κ1) is 14.1. The summed E-state index contributed by atoms with van der Waals surface area (Å²) in [6.07, 6.45) is 7.03. The number of hydrogen-bond acceptors (Lipinski definition) is 4. The summed E-state index contributed by atoms with van der Waals surface area (Å²) < 4.78 is 7.02. The zero-order valence-electron chi connectivity index (χ0n) is 11.8. The van der Waals surface area contributed by atoms with Gasteiger partial charge in [-0.15, -0.1) is 0 Å². The SMILES string of the molecule is CCCN1CCC(n2cnc(C(=O)OCC)c2)CC1. The average molecular weight is 265 g/mol. The number of rotatable bonds is 5. The normalized spacial score (nSPS) is 17.6. The van der Waals surface area contributed by atoms with Gasteiger partial charge in [0.25, 0.3) is 0 Å². The van der Waals surface area contributed by atoms with Crippen LogP contribution in [-0.2, 0) is 4.74 Å². The van der Waals surface area contributed by atoms with Gasteiger partial charge in [-0.25, -0.2) is 9.78 Å². The van der Waals surface area contributed by atoms with Crippen LogP contribution in [0.2, 0.25) is 0 Å². The number of likely N-dealkylation sites (tertiary alicyclic amines) is 1. The lowest BCUT2D eigenvalue weighted by atomic mass is 10.0. The Morgan fingerprint density at radius 3 is 2.79 bits per heavy atom. The van der Waals surface area contributed by atoms with Gasteiger partial charge in [0.1, 0.15) is 0 Å². The van der Waals surface area contributed by atoms with Crippen LogP contribution in [0.25, 0.3) is 0 Å². The Morgan fingerprint density at radius 2 is 2.16 bits per heavy atom. The zero-order chi connectivity index (χ0) is 13.7. The third-order valence-corrected chi connectivity index (χ3v) is 3.60. The van der Waals surface area contributed by atoms with Gasteiger partial charge in [0.05, 0.1) is 12.9 Å². The van der Waals surface area contributed by atoms with Gasteiger partial charge in [-0.3, -0.25) is 0 Å². The van der Waals surface area contributed by atoms with Crippen LogP contribution in [0, 0.1) is 0 Å². The van der Waals surface area contributed by atoms with Crippen molar-refractivity contribution in [1.82, 2.24) is 14.5 Å². The van der Waals surface area contributed by atoms with E-state index in [1.54, 1.807) is 13.3 Å². The number of carbonyl (C=O) groups excluding carboxylic acids is 1. The predicted molar refractivity (Wildman–Crippen MR) is 73.2 cm³/mol. The van der Waals surface area contributed by atoms with Crippen LogP contribution < -0.4 is 0 Å². The molecule has 5 heteroatoms. The van der Waals surface area contributed by atoms with Crippen molar-refractivity contribution in [3.63, 3.8) is 0 Å². The fourth-order valence-electron chi connectivity index (χ4n) is 2.60. The molecule has 0 radical (unpaired) electrons. The van der Waals surface area contributed by atoms with E-state index in [1.807, 2.05) is 6.20 Å². The maximum Gasteiger partial charge on any atom is 0.358 e. The van der Waals surface area contributed by atoms with Gasteiger partial charge in [0, 0.05) is 25.3 Å². The second-order valence-corrected chi connectivity index (χ2v) is 5.00. The van der Waals surface area contributed by atoms with E-state index in [0.717, 1.165) is 25.9 Å². The van der Waals surface area contributed by atoms with E-state index in [0.29, 0.717) is 18.3 Å². The number of ether oxygens (including phenoxy) is 1. The lowest BCUT2D eigenvalue weighted by Crippen LogP contribution is -2.34. The molecule has 1 fully saturated rings. The van der Waals surface area contributed by atoms with Crippen LogP contribution in [0.1, 0.15) is 49.6 Å². The number of esters is 1. The van der Waals surface area contributed by atoms with E-state index in [9.17, 15) is 4.79 Å². The molecule has 1 aromatic rings. The minimum atomic E-state index is -0.329. The van der Waals surface area contributed by atoms with Crippen molar-refractivity contribution in [3.8, 4) is 0 Å². The van der Waals surface area contributed by atoms with Gasteiger partial charge in [-0.2, -0.15) is 0 Å². The average Bonchev–Trinajstić information content (AvgIpc) is 2.90. The van der Waals surface area contributed by atoms with E-state index in [2.05, 4.69) is 21.4 Å². The number of hydrogen-bond donors (Lipinski definition) is 0. The summed E-state index contributed by atoms with van der Waals surface area (Å²) in [6.45, 7) is 7.86. The molecule has 0 spiro atoms. The third kappa shape index (κ3) is 3.56. The minimum Gasteiger partial charge on any atom is -0.461 e. The Bertz CT molecular complexity index is 409. The van der Waals surface area contributed by atoms with E-state index in [-0.39, 0.29) is 5.97 Å². The highest BCUT2D eigenvalue weighted by atomic mass is 16.5. The predicted octanol–water partition coefficient (Wildman–Crippen LogP) is 2.11. The van der Waals surface area contributed by atoms with Crippen LogP contribution >= 0.6 is 0 Å². The third-order valence-electron chi connectivity index (χ3n) is 3.60. The largest absolute Gasteiger partial charge is 0.461 e. The molecule has 1 aromatic heterocycles. The first-order chi connectivity index (χ1) is 9.24. The number of nitrogens with zero attached hydrogens (tertiary/aromatic N) is 3. The number of carbonyl (C=O) groups is 1. The summed E-state index contributed by atoms with van der Waals surface area (Å²) in [7, 11) is 0. The maximum atomic E-state index is 11.6. The molecule has 0 aliphatic carbocycles. The smallest absolute Gasteiger partial charge is 0.358 e. The molecule has 0 unspecified atom stereocenters. The molecule has 0 N–H and O–H groups in total. The van der Waals surface area contributed by atoms with E-state index >= 15 is 0 Å². The van der Waals surface area contributed by atoms with Crippen LogP contribution in [0.3, 0.4) is 0 Å². The quantitative estimate of drug-likeness (QED) is 0.765. The van der Waals surface area contributed by atoms with E-state index < -0.39 is 0 Å². The Hall–Kier alpha value is -1.36. The van der Waals surface area contributed by atoms with E-state index in [4.69, 9.17) is 4.74 Å². The van der Waals surface area contributed by atoms with Gasteiger partial charge in [0.15, 0.2) is 5.69 Å². The maximum absolute atomic E-state index is 11.6. The van der Waals surface area contributed by atoms with Gasteiger partial charge in [0.2, 0.25) is 0 Å². The number of imidazole rings is 1. The molecule has 0 saturated carbocycles. The highest BCUT2D eigenvalue weighted by Crippen LogP contribution is 2.22. The molecule has 1 saturated heterocycles. The fraction of sp³-hybridized carbons (Fsp3) is 0.714. The summed E-state index contributed by atoms with van der Waals surface area (Å²) in [6, 6.07) is 0.462. The summed E-state index contributed by atoms with van der Waals surface area (Å²) in [5.41, 5.74) is 0.415. The molecular formula is C14H23N3O2. The summed E-state index contributed by atoms with van der Waals surface area (Å²) in [4.78, 5) is 18.2. The lowest BCUT2D eigenvalue weighted by Gasteiger charge is -2.32. The van der Waals surface area contributed by atoms with Gasteiger partial charge in [-0.1, -0.05) is 6.92 Å². The molecule has 2 heterocycles. The standard InChI is InChI=1S/C14H23N3O2/c1-3-7-16-8-5-12(6-9-16)17-10-13(15-11-17)14(18)19-4-2/h10-12H,3-9H2,1-2H3. The summed E-state index contributed by atoms with van der Waals surface area (Å²) in [5.74, 6) is -0.329. The van der Waals surface area contributed by atoms with Crippen LogP contribution in [-0.4, -0.2) is 46.7 Å². The van der Waals surface area contributed by atoms with E-state index in [1.165, 1.54) is 13.0 Å². The molecule has 106 valence electrons. The first-order valence-corrected chi connectivity index (χ1v) is 7.17. The fourth-order valence-corrected chi connectivity index (χ4v) is 2.60. The first-order valence-electron chi connectivity index (χ1n) is 7.17. The monoisotopic (exact) mass is 265 g/mol. The summed E-state index contributed by atoms with van der Waals surface area (Å²) >= 11 is 0. The van der Waals surface area contributed by atoms with Crippen molar-refractivity contribution >= 4 is 5.97 Å². The Balaban J connectivity index is 1.91. The molecule has 0 bridgehead atoms. The highest BCUT2D eigenvalue weighted by Gasteiger charge is 2.21. The molecule has 0 amide bonds. The molecule has 0 aromatic carbocycles. The van der Waals surface area contributed by atoms with Crippen molar-refractivity contribution in [3.05, 3.63) is 18.2 Å². The number of aromatic nitrogens is 2. The number of piperidine rings is 1. The lowest BCUT2D eigenvalue weighted by molar-refractivity contribution is 0.0520. The van der Waals surface area contributed by atoms with Crippen LogP contribution in [0.5, 0.6) is 0 Å². The molecule has 19 heavy (non-hydrogen) atoms. The van der Waals surface area contributed by atoms with Gasteiger partial charge in [-0.05, 0) is 32.7 Å². The Kier molecular flexibility index (Phi) is 4.96. The molecule has 1 aliphatic rings. The van der Waals surface area contributed by atoms with Crippen LogP contribution in [0.4, 0.5) is 0 Å². The van der Waals surface area contributed by atoms with Crippen molar-refractivity contribution in [2.75, 3.05) is 26.2 Å². The van der Waals surface area contributed by atoms with Crippen molar-refractivity contribution in [2.24, 2.45) is 0 Å². The van der Waals surface area contributed by atoms with Crippen LogP contribution in [0.15, 0.2) is 12.5 Å². The Morgan fingerprint density at radius 1 is 1.42 bits per heavy atom. The van der Waals surface area contributed by atoms with Crippen molar-refractivity contribution in [1.29, 1.82) is 0 Å². The summed E-state index contributed by atoms with van der Waals surface area (Å²) in [5, 5.41) is 0. The molecule has 1 aliphatic heterocycles. The van der Waals surface area contributed by atoms with Gasteiger partial charge >= 0.3 is 5.97 Å². The van der Waals surface area contributed by atoms with Gasteiger partial charge < -0.3 is 14.2 Å². The molecule has 5 nitrogen and oxygen atoms in total. The molecule has 2 rings (SSSR count). The topological polar surface area (TPSA) is 47.4 Å². The van der Waals surface area contributed by atoms with Crippen molar-refractivity contribution in [2.45, 2.75) is 39.2 Å². The zero-order valence-corrected chi connectivity index (χ0v) is 11.8. The van der Waals surface area contributed by atoms with Crippen molar-refractivity contribution < 1.29 is 9.53 Å². The molecular weight excluding hydrogens is 242 g/mol. The molecule has 0 atom stereocenters. The second-order valence-electron chi connectivity index (χ2n) is 5.00. The second kappa shape index (κ2) is 6.70. The highest BCUT2D eigenvalue weighted by molar-refractivity contribution is 5.86.